The summed E-state index contributed by atoms with van der Waals surface area (Å²) in [5.74, 6) is -1.92. The molecule has 2 fully saturated rings. The van der Waals surface area contributed by atoms with E-state index in [-0.39, 0.29) is 12.5 Å². The summed E-state index contributed by atoms with van der Waals surface area (Å²) in [5.41, 5.74) is 1.88. The van der Waals surface area contributed by atoms with Crippen LogP contribution in [0.15, 0.2) is 78.9 Å². The van der Waals surface area contributed by atoms with Crippen LogP contribution in [-0.4, -0.2) is 54.2 Å². The van der Waals surface area contributed by atoms with Crippen LogP contribution in [0.3, 0.4) is 0 Å². The van der Waals surface area contributed by atoms with Gasteiger partial charge in [-0.2, -0.15) is 0 Å². The Hall–Kier alpha value is -3.11. The van der Waals surface area contributed by atoms with Gasteiger partial charge in [0.15, 0.2) is 0 Å². The molecule has 1 saturated carbocycles. The van der Waals surface area contributed by atoms with Crippen molar-refractivity contribution in [2.45, 2.75) is 62.7 Å². The number of benzene rings is 3. The number of carboxylic acid groups (broad SMARTS) is 1. The summed E-state index contributed by atoms with van der Waals surface area (Å²) in [6, 6.07) is 21.6. The molecule has 1 aliphatic heterocycles. The average molecular weight is 646 g/mol. The zero-order valence-electron chi connectivity index (χ0n) is 23.8. The molecule has 11 heteroatoms. The van der Waals surface area contributed by atoms with E-state index >= 15 is 0 Å². The van der Waals surface area contributed by atoms with E-state index in [2.05, 4.69) is 0 Å². The predicted octanol–water partition coefficient (Wildman–Crippen LogP) is 6.50. The van der Waals surface area contributed by atoms with Crippen LogP contribution in [0.4, 0.5) is 5.69 Å². The summed E-state index contributed by atoms with van der Waals surface area (Å²) < 4.78 is 35.4. The van der Waals surface area contributed by atoms with Crippen LogP contribution >= 0.6 is 23.2 Å². The Kier molecular flexibility index (Phi) is 9.37. The van der Waals surface area contributed by atoms with E-state index in [4.69, 9.17) is 27.9 Å². The summed E-state index contributed by atoms with van der Waals surface area (Å²) in [5, 5.41) is 10.2. The first kappa shape index (κ1) is 31.3. The monoisotopic (exact) mass is 644 g/mol. The highest BCUT2D eigenvalue weighted by molar-refractivity contribution is 7.93. The van der Waals surface area contributed by atoms with Crippen LogP contribution in [0.5, 0.6) is 0 Å². The first-order chi connectivity index (χ1) is 20.5. The third kappa shape index (κ3) is 6.85. The molecule has 43 heavy (non-hydrogen) atoms. The van der Waals surface area contributed by atoms with E-state index < -0.39 is 57.9 Å². The van der Waals surface area contributed by atoms with Gasteiger partial charge in [-0.15, -0.1) is 0 Å². The van der Waals surface area contributed by atoms with Crippen molar-refractivity contribution in [3.05, 3.63) is 100 Å². The topological polar surface area (TPSA) is 104 Å². The number of para-hydroxylation sites is 1. The van der Waals surface area contributed by atoms with Crippen LogP contribution in [-0.2, 0) is 24.3 Å². The SMILES string of the molecule is CC(C)C(CN(c1ccccc1)S(=O)(=O)C1CC1)N1C(=O)C(CC(=O)O)OC(c2cccc(Cl)c2)C1c1ccc(Cl)cc1. The van der Waals surface area contributed by atoms with E-state index in [0.717, 1.165) is 0 Å². The van der Waals surface area contributed by atoms with Crippen LogP contribution in [0.25, 0.3) is 0 Å². The Morgan fingerprint density at radius 3 is 2.23 bits per heavy atom. The van der Waals surface area contributed by atoms with Gasteiger partial charge in [0.25, 0.3) is 5.91 Å². The van der Waals surface area contributed by atoms with Crippen molar-refractivity contribution in [1.29, 1.82) is 0 Å². The smallest absolute Gasteiger partial charge is 0.306 e. The summed E-state index contributed by atoms with van der Waals surface area (Å²) >= 11 is 12.6. The number of hydrogen-bond acceptors (Lipinski definition) is 5. The molecular weight excluding hydrogens is 611 g/mol. The standard InChI is InChI=1S/C32H34Cl2N2O6S/c1-20(2)27(19-35(25-9-4-3-5-10-25)43(40,41)26-15-16-26)36-30(21-11-13-23(33)14-12-21)31(22-7-6-8-24(34)17-22)42-28(32(36)39)18-29(37)38/h3-14,17,20,26-28,30-31H,15-16,18-19H2,1-2H3,(H,37,38). The molecule has 1 heterocycles. The highest BCUT2D eigenvalue weighted by atomic mass is 35.5. The van der Waals surface area contributed by atoms with Crippen molar-refractivity contribution >= 4 is 50.8 Å². The first-order valence-corrected chi connectivity index (χ1v) is 16.5. The minimum atomic E-state index is -3.72. The third-order valence-corrected chi connectivity index (χ3v) is 10.7. The second-order valence-electron chi connectivity index (χ2n) is 11.4. The fourth-order valence-corrected chi connectivity index (χ4v) is 7.84. The van der Waals surface area contributed by atoms with E-state index in [9.17, 15) is 23.1 Å². The molecule has 2 aliphatic rings. The van der Waals surface area contributed by atoms with E-state index in [1.165, 1.54) is 4.31 Å². The minimum Gasteiger partial charge on any atom is -0.481 e. The quantitative estimate of drug-likeness (QED) is 0.255. The molecule has 4 atom stereocenters. The van der Waals surface area contributed by atoms with Gasteiger partial charge >= 0.3 is 5.97 Å². The Labute approximate surface area is 262 Å². The Bertz CT molecular complexity index is 1560. The van der Waals surface area contributed by atoms with E-state index in [1.807, 2.05) is 26.0 Å². The van der Waals surface area contributed by atoms with Crippen molar-refractivity contribution in [3.8, 4) is 0 Å². The molecular formula is C32H34Cl2N2O6S. The molecule has 1 aliphatic carbocycles. The number of sulfonamides is 1. The highest BCUT2D eigenvalue weighted by Gasteiger charge is 2.50. The zero-order chi connectivity index (χ0) is 30.9. The lowest BCUT2D eigenvalue weighted by molar-refractivity contribution is -0.184. The lowest BCUT2D eigenvalue weighted by Crippen LogP contribution is -2.59. The lowest BCUT2D eigenvalue weighted by Gasteiger charge is -2.50. The van der Waals surface area contributed by atoms with Crippen molar-refractivity contribution in [3.63, 3.8) is 0 Å². The van der Waals surface area contributed by atoms with Crippen LogP contribution in [0, 0.1) is 5.92 Å². The number of ether oxygens (including phenoxy) is 1. The average Bonchev–Trinajstić information content (AvgIpc) is 3.82. The second kappa shape index (κ2) is 12.9. The number of halogens is 2. The van der Waals surface area contributed by atoms with Gasteiger partial charge in [-0.3, -0.25) is 13.9 Å². The Morgan fingerprint density at radius 2 is 1.65 bits per heavy atom. The highest BCUT2D eigenvalue weighted by Crippen LogP contribution is 2.46. The predicted molar refractivity (Wildman–Crippen MR) is 167 cm³/mol. The molecule has 8 nitrogen and oxygen atoms in total. The largest absolute Gasteiger partial charge is 0.481 e. The number of morpholine rings is 1. The number of nitrogens with zero attached hydrogens (tertiary/aromatic N) is 2. The van der Waals surface area contributed by atoms with E-state index in [1.54, 1.807) is 71.6 Å². The number of amides is 1. The number of anilines is 1. The van der Waals surface area contributed by atoms with Crippen molar-refractivity contribution < 1.29 is 27.9 Å². The summed E-state index contributed by atoms with van der Waals surface area (Å²) in [7, 11) is -3.72. The minimum absolute atomic E-state index is 0.0155. The normalized spacial score (nSPS) is 21.6. The van der Waals surface area contributed by atoms with Crippen molar-refractivity contribution in [1.82, 2.24) is 4.90 Å². The van der Waals surface area contributed by atoms with Gasteiger partial charge in [-0.25, -0.2) is 8.42 Å². The molecule has 0 bridgehead atoms. The van der Waals surface area contributed by atoms with Gasteiger partial charge < -0.3 is 14.7 Å². The molecule has 1 N–H and O–H groups in total. The molecule has 1 amide bonds. The zero-order valence-corrected chi connectivity index (χ0v) is 26.2. The molecule has 228 valence electrons. The van der Waals surface area contributed by atoms with Gasteiger partial charge in [0.1, 0.15) is 12.2 Å². The number of carbonyl (C=O) groups is 2. The lowest BCUT2D eigenvalue weighted by atomic mass is 9.88. The maximum Gasteiger partial charge on any atom is 0.306 e. The fourth-order valence-electron chi connectivity index (χ4n) is 5.65. The maximum atomic E-state index is 14.3. The van der Waals surface area contributed by atoms with Crippen LogP contribution in [0.2, 0.25) is 10.0 Å². The number of carboxylic acids is 1. The van der Waals surface area contributed by atoms with Gasteiger partial charge in [0.05, 0.1) is 36.0 Å². The van der Waals surface area contributed by atoms with Crippen LogP contribution < -0.4 is 4.31 Å². The summed E-state index contributed by atoms with van der Waals surface area (Å²) in [6.07, 6.45) is -1.48. The van der Waals surface area contributed by atoms with Gasteiger partial charge in [-0.05, 0) is 66.3 Å². The van der Waals surface area contributed by atoms with Crippen LogP contribution in [0.1, 0.15) is 56.4 Å². The number of rotatable bonds is 11. The van der Waals surface area contributed by atoms with Crippen molar-refractivity contribution in [2.24, 2.45) is 5.92 Å². The summed E-state index contributed by atoms with van der Waals surface area (Å²) in [4.78, 5) is 27.9. The first-order valence-electron chi connectivity index (χ1n) is 14.2. The van der Waals surface area contributed by atoms with Gasteiger partial charge in [0, 0.05) is 10.0 Å². The molecule has 0 radical (unpaired) electrons. The van der Waals surface area contributed by atoms with Gasteiger partial charge in [0.2, 0.25) is 10.0 Å². The van der Waals surface area contributed by atoms with Gasteiger partial charge in [-0.1, -0.05) is 79.5 Å². The second-order valence-corrected chi connectivity index (χ2v) is 14.4. The maximum absolute atomic E-state index is 14.3. The number of aliphatic carboxylic acids is 1. The molecule has 4 unspecified atom stereocenters. The molecule has 0 spiro atoms. The molecule has 0 aromatic heterocycles. The molecule has 1 saturated heterocycles. The number of carbonyl (C=O) groups excluding carboxylic acids is 1. The molecule has 5 rings (SSSR count). The number of hydrogen-bond donors (Lipinski definition) is 1. The van der Waals surface area contributed by atoms with Crippen molar-refractivity contribution in [2.75, 3.05) is 10.8 Å². The molecule has 3 aromatic rings. The Morgan fingerprint density at radius 1 is 0.977 bits per heavy atom. The third-order valence-electron chi connectivity index (χ3n) is 7.95. The van der Waals surface area contributed by atoms with E-state index in [0.29, 0.717) is 39.7 Å². The fraction of sp³-hybridized carbons (Fsp3) is 0.375. The summed E-state index contributed by atoms with van der Waals surface area (Å²) in [6.45, 7) is 3.85. The Balaban J connectivity index is 1.67. The molecule has 3 aromatic carbocycles.